The Morgan fingerprint density at radius 1 is 1.19 bits per heavy atom. The smallest absolute Gasteiger partial charge is 0.279 e. The van der Waals surface area contributed by atoms with Gasteiger partial charge in [-0.25, -0.2) is 0 Å². The van der Waals surface area contributed by atoms with Crippen LogP contribution in [-0.2, 0) is 7.05 Å². The minimum absolute atomic E-state index is 0.232. The molecule has 0 unspecified atom stereocenters. The van der Waals surface area contributed by atoms with E-state index in [2.05, 4.69) is 4.99 Å². The molecule has 106 valence electrons. The molecule has 2 aromatic carbocycles. The van der Waals surface area contributed by atoms with E-state index in [1.165, 1.54) is 11.3 Å². The van der Waals surface area contributed by atoms with Gasteiger partial charge >= 0.3 is 0 Å². The number of methoxy groups -OCH3 is 1. The summed E-state index contributed by atoms with van der Waals surface area (Å²) in [6, 6.07) is 14.9. The van der Waals surface area contributed by atoms with Gasteiger partial charge in [-0.05, 0) is 30.3 Å². The molecule has 5 heteroatoms. The van der Waals surface area contributed by atoms with Crippen molar-refractivity contribution in [2.24, 2.45) is 12.0 Å². The van der Waals surface area contributed by atoms with E-state index in [0.717, 1.165) is 16.0 Å². The number of fused-ring (bicyclic) bond motifs is 1. The number of rotatable bonds is 2. The number of benzene rings is 2. The predicted octanol–water partition coefficient (Wildman–Crippen LogP) is 2.99. The molecular weight excluding hydrogens is 284 g/mol. The van der Waals surface area contributed by atoms with E-state index in [0.29, 0.717) is 10.4 Å². The first-order chi connectivity index (χ1) is 10.2. The number of nitrogens with zero attached hydrogens (tertiary/aromatic N) is 2. The van der Waals surface area contributed by atoms with Crippen LogP contribution in [0.15, 0.2) is 53.5 Å². The normalized spacial score (nSPS) is 11.8. The van der Waals surface area contributed by atoms with E-state index in [9.17, 15) is 4.79 Å². The lowest BCUT2D eigenvalue weighted by Gasteiger charge is -1.99. The number of thiazole rings is 1. The zero-order valence-electron chi connectivity index (χ0n) is 11.7. The molecular formula is C16H14N2O2S. The maximum atomic E-state index is 12.2. The second-order valence-corrected chi connectivity index (χ2v) is 5.57. The second kappa shape index (κ2) is 5.54. The molecule has 3 rings (SSSR count). The summed E-state index contributed by atoms with van der Waals surface area (Å²) in [5.41, 5.74) is 1.62. The van der Waals surface area contributed by atoms with E-state index < -0.39 is 0 Å². The summed E-state index contributed by atoms with van der Waals surface area (Å²) in [6.45, 7) is 0. The third-order valence-corrected chi connectivity index (χ3v) is 4.33. The molecule has 0 aliphatic carbocycles. The summed E-state index contributed by atoms with van der Waals surface area (Å²) < 4.78 is 8.18. The van der Waals surface area contributed by atoms with Crippen LogP contribution in [0, 0.1) is 0 Å². The van der Waals surface area contributed by atoms with Crippen molar-refractivity contribution in [1.29, 1.82) is 0 Å². The highest BCUT2D eigenvalue weighted by molar-refractivity contribution is 7.16. The van der Waals surface area contributed by atoms with Gasteiger partial charge in [0.05, 0.1) is 17.3 Å². The molecule has 0 bridgehead atoms. The van der Waals surface area contributed by atoms with Crippen LogP contribution >= 0.6 is 11.3 Å². The van der Waals surface area contributed by atoms with Crippen LogP contribution in [0.5, 0.6) is 5.75 Å². The summed E-state index contributed by atoms with van der Waals surface area (Å²) in [6.07, 6.45) is 0. The standard InChI is InChI=1S/C16H14N2O2S/c1-18-13-9-8-12(20-2)10-14(13)21-16(18)17-15(19)11-6-4-3-5-7-11/h3-10H,1-2H3. The molecule has 1 heterocycles. The Morgan fingerprint density at radius 3 is 2.67 bits per heavy atom. The van der Waals surface area contributed by atoms with Gasteiger partial charge in [0.15, 0.2) is 4.80 Å². The largest absolute Gasteiger partial charge is 0.497 e. The average molecular weight is 298 g/mol. The van der Waals surface area contributed by atoms with Crippen LogP contribution in [0.2, 0.25) is 0 Å². The second-order valence-electron chi connectivity index (χ2n) is 4.56. The van der Waals surface area contributed by atoms with Gasteiger partial charge in [0.25, 0.3) is 5.91 Å². The quantitative estimate of drug-likeness (QED) is 0.730. The minimum atomic E-state index is -0.232. The minimum Gasteiger partial charge on any atom is -0.497 e. The summed E-state index contributed by atoms with van der Waals surface area (Å²) in [5.74, 6) is 0.565. The van der Waals surface area contributed by atoms with Crippen molar-refractivity contribution in [1.82, 2.24) is 4.57 Å². The first-order valence-corrected chi connectivity index (χ1v) is 7.28. The van der Waals surface area contributed by atoms with Crippen molar-refractivity contribution in [3.63, 3.8) is 0 Å². The Morgan fingerprint density at radius 2 is 1.95 bits per heavy atom. The number of amides is 1. The lowest BCUT2D eigenvalue weighted by Crippen LogP contribution is -2.13. The Hall–Kier alpha value is -2.40. The molecule has 0 aliphatic rings. The third-order valence-electron chi connectivity index (χ3n) is 3.23. The monoisotopic (exact) mass is 298 g/mol. The van der Waals surface area contributed by atoms with Crippen molar-refractivity contribution in [2.75, 3.05) is 7.11 Å². The maximum absolute atomic E-state index is 12.2. The van der Waals surface area contributed by atoms with Gasteiger partial charge in [-0.1, -0.05) is 29.5 Å². The highest BCUT2D eigenvalue weighted by Crippen LogP contribution is 2.22. The SMILES string of the molecule is COc1ccc2c(c1)sc(=NC(=O)c1ccccc1)n2C. The lowest BCUT2D eigenvalue weighted by atomic mass is 10.2. The van der Waals surface area contributed by atoms with Gasteiger partial charge in [0.2, 0.25) is 0 Å². The number of aryl methyl sites for hydroxylation is 1. The van der Waals surface area contributed by atoms with Gasteiger partial charge in [0.1, 0.15) is 5.75 Å². The molecule has 0 saturated heterocycles. The Bertz CT molecular complexity index is 863. The maximum Gasteiger partial charge on any atom is 0.279 e. The number of aromatic nitrogens is 1. The number of hydrogen-bond acceptors (Lipinski definition) is 3. The highest BCUT2D eigenvalue weighted by atomic mass is 32.1. The van der Waals surface area contributed by atoms with E-state index in [1.807, 2.05) is 48.0 Å². The molecule has 0 saturated carbocycles. The fraction of sp³-hybridized carbons (Fsp3) is 0.125. The van der Waals surface area contributed by atoms with E-state index in [-0.39, 0.29) is 5.91 Å². The van der Waals surface area contributed by atoms with Gasteiger partial charge in [-0.3, -0.25) is 4.79 Å². The van der Waals surface area contributed by atoms with Gasteiger partial charge in [0, 0.05) is 12.6 Å². The average Bonchev–Trinajstić information content (AvgIpc) is 2.83. The fourth-order valence-corrected chi connectivity index (χ4v) is 3.13. The van der Waals surface area contributed by atoms with Gasteiger partial charge in [-0.15, -0.1) is 0 Å². The van der Waals surface area contributed by atoms with Crippen LogP contribution in [0.25, 0.3) is 10.2 Å². The van der Waals surface area contributed by atoms with Crippen molar-refractivity contribution in [3.05, 3.63) is 58.9 Å². The van der Waals surface area contributed by atoms with E-state index in [1.54, 1.807) is 19.2 Å². The molecule has 0 fully saturated rings. The lowest BCUT2D eigenvalue weighted by molar-refractivity contribution is 0.0998. The highest BCUT2D eigenvalue weighted by Gasteiger charge is 2.07. The fourth-order valence-electron chi connectivity index (χ4n) is 2.08. The summed E-state index contributed by atoms with van der Waals surface area (Å²) in [4.78, 5) is 17.1. The van der Waals surface area contributed by atoms with Gasteiger partial charge < -0.3 is 9.30 Å². The van der Waals surface area contributed by atoms with Crippen LogP contribution < -0.4 is 9.54 Å². The van der Waals surface area contributed by atoms with Gasteiger partial charge in [-0.2, -0.15) is 4.99 Å². The Kier molecular flexibility index (Phi) is 3.58. The van der Waals surface area contributed by atoms with Crippen molar-refractivity contribution < 1.29 is 9.53 Å². The third kappa shape index (κ3) is 2.60. The molecule has 0 atom stereocenters. The number of carbonyl (C=O) groups excluding carboxylic acids is 1. The van der Waals surface area contributed by atoms with Crippen LogP contribution in [0.4, 0.5) is 0 Å². The van der Waals surface area contributed by atoms with E-state index in [4.69, 9.17) is 4.74 Å². The van der Waals surface area contributed by atoms with Crippen molar-refractivity contribution in [2.45, 2.75) is 0 Å². The molecule has 4 nitrogen and oxygen atoms in total. The number of hydrogen-bond donors (Lipinski definition) is 0. The Labute approximate surface area is 126 Å². The summed E-state index contributed by atoms with van der Waals surface area (Å²) in [5, 5.41) is 0. The molecule has 0 N–H and O–H groups in total. The molecule has 21 heavy (non-hydrogen) atoms. The first kappa shape index (κ1) is 13.6. The van der Waals surface area contributed by atoms with Crippen molar-refractivity contribution >= 4 is 27.5 Å². The van der Waals surface area contributed by atoms with Crippen LogP contribution in [0.3, 0.4) is 0 Å². The number of ether oxygens (including phenoxy) is 1. The number of carbonyl (C=O) groups is 1. The summed E-state index contributed by atoms with van der Waals surface area (Å²) in [7, 11) is 3.54. The Balaban J connectivity index is 2.10. The predicted molar refractivity (Wildman–Crippen MR) is 83.7 cm³/mol. The molecule has 0 spiro atoms. The van der Waals surface area contributed by atoms with E-state index >= 15 is 0 Å². The molecule has 1 amide bonds. The zero-order valence-corrected chi connectivity index (χ0v) is 12.6. The summed E-state index contributed by atoms with van der Waals surface area (Å²) >= 11 is 1.47. The molecule has 1 aromatic heterocycles. The first-order valence-electron chi connectivity index (χ1n) is 6.47. The molecule has 3 aromatic rings. The van der Waals surface area contributed by atoms with Crippen LogP contribution in [0.1, 0.15) is 10.4 Å². The zero-order chi connectivity index (χ0) is 14.8. The van der Waals surface area contributed by atoms with Crippen LogP contribution in [-0.4, -0.2) is 17.6 Å². The molecule has 0 aliphatic heterocycles. The molecule has 0 radical (unpaired) electrons. The van der Waals surface area contributed by atoms with Crippen molar-refractivity contribution in [3.8, 4) is 5.75 Å². The topological polar surface area (TPSA) is 43.6 Å².